The molecule has 5 heteroatoms. The van der Waals surface area contributed by atoms with Crippen LogP contribution in [0.4, 0.5) is 0 Å². The van der Waals surface area contributed by atoms with E-state index in [1.165, 1.54) is 6.42 Å². The average molecular weight is 380 g/mol. The number of hydrogen-bond acceptors (Lipinski definition) is 4. The van der Waals surface area contributed by atoms with E-state index in [1.54, 1.807) is 6.92 Å². The molecule has 1 fully saturated rings. The smallest absolute Gasteiger partial charge is 0.253 e. The van der Waals surface area contributed by atoms with Crippen LogP contribution in [0, 0.1) is 0 Å². The summed E-state index contributed by atoms with van der Waals surface area (Å²) >= 11 is 0. The van der Waals surface area contributed by atoms with Crippen molar-refractivity contribution in [1.29, 1.82) is 0 Å². The van der Waals surface area contributed by atoms with Crippen LogP contribution in [0.1, 0.15) is 42.1 Å². The maximum absolute atomic E-state index is 12.6. The number of carbonyl (C=O) groups excluding carboxylic acids is 2. The van der Waals surface area contributed by atoms with E-state index in [1.807, 2.05) is 53.4 Å². The predicted octanol–water partition coefficient (Wildman–Crippen LogP) is 2.77. The van der Waals surface area contributed by atoms with Crippen LogP contribution in [-0.2, 0) is 11.2 Å². The molecule has 2 aromatic carbocycles. The third kappa shape index (κ3) is 4.66. The number of piperidine rings is 1. The second-order valence-electron chi connectivity index (χ2n) is 7.85. The Morgan fingerprint density at radius 2 is 1.68 bits per heavy atom. The second kappa shape index (κ2) is 8.67. The van der Waals surface area contributed by atoms with Gasteiger partial charge < -0.3 is 16.4 Å². The van der Waals surface area contributed by atoms with E-state index >= 15 is 0 Å². The minimum Gasteiger partial charge on any atom is -0.339 e. The van der Waals surface area contributed by atoms with Crippen LogP contribution >= 0.6 is 0 Å². The van der Waals surface area contributed by atoms with Gasteiger partial charge in [0.15, 0.2) is 5.78 Å². The van der Waals surface area contributed by atoms with E-state index in [0.29, 0.717) is 6.42 Å². The van der Waals surface area contributed by atoms with Gasteiger partial charge in [-0.05, 0) is 61.4 Å². The minimum absolute atomic E-state index is 0.0564. The fourth-order valence-electron chi connectivity index (χ4n) is 3.70. The SMILES string of the molecule is CC(N)(Cc1cccc(-c2ccc(C(=O)N3CCCCC3)cc2)c1)C(=O)CN. The summed E-state index contributed by atoms with van der Waals surface area (Å²) in [5.74, 6) is -0.0438. The molecule has 0 spiro atoms. The Hall–Kier alpha value is -2.50. The van der Waals surface area contributed by atoms with Gasteiger partial charge in [-0.3, -0.25) is 9.59 Å². The van der Waals surface area contributed by atoms with Crippen molar-refractivity contribution in [3.63, 3.8) is 0 Å². The van der Waals surface area contributed by atoms with E-state index in [4.69, 9.17) is 11.5 Å². The lowest BCUT2D eigenvalue weighted by molar-refractivity contribution is -0.122. The number of likely N-dealkylation sites (tertiary alicyclic amines) is 1. The monoisotopic (exact) mass is 379 g/mol. The van der Waals surface area contributed by atoms with Gasteiger partial charge >= 0.3 is 0 Å². The molecule has 0 bridgehead atoms. The summed E-state index contributed by atoms with van der Waals surface area (Å²) in [6.07, 6.45) is 3.81. The maximum Gasteiger partial charge on any atom is 0.253 e. The van der Waals surface area contributed by atoms with Crippen molar-refractivity contribution in [2.45, 2.75) is 38.1 Å². The molecule has 0 saturated carbocycles. The molecule has 1 heterocycles. The minimum atomic E-state index is -0.974. The van der Waals surface area contributed by atoms with Crippen molar-refractivity contribution in [2.24, 2.45) is 11.5 Å². The third-order valence-electron chi connectivity index (χ3n) is 5.43. The van der Waals surface area contributed by atoms with Crippen molar-refractivity contribution in [2.75, 3.05) is 19.6 Å². The summed E-state index contributed by atoms with van der Waals surface area (Å²) in [6.45, 7) is 3.36. The van der Waals surface area contributed by atoms with Gasteiger partial charge in [0, 0.05) is 18.7 Å². The number of amides is 1. The van der Waals surface area contributed by atoms with Crippen LogP contribution in [0.15, 0.2) is 48.5 Å². The summed E-state index contributed by atoms with van der Waals surface area (Å²) in [7, 11) is 0. The lowest BCUT2D eigenvalue weighted by Gasteiger charge is -2.26. The summed E-state index contributed by atoms with van der Waals surface area (Å²) < 4.78 is 0. The van der Waals surface area contributed by atoms with Crippen molar-refractivity contribution < 1.29 is 9.59 Å². The van der Waals surface area contributed by atoms with E-state index in [-0.39, 0.29) is 18.2 Å². The molecular weight excluding hydrogens is 350 g/mol. The molecular formula is C23H29N3O2. The summed E-state index contributed by atoms with van der Waals surface area (Å²) in [6, 6.07) is 15.7. The zero-order valence-electron chi connectivity index (χ0n) is 16.5. The van der Waals surface area contributed by atoms with Gasteiger partial charge in [0.05, 0.1) is 12.1 Å². The van der Waals surface area contributed by atoms with Crippen molar-refractivity contribution in [3.8, 4) is 11.1 Å². The van der Waals surface area contributed by atoms with Crippen LogP contribution in [-0.4, -0.2) is 41.8 Å². The van der Waals surface area contributed by atoms with Crippen LogP contribution in [0.5, 0.6) is 0 Å². The molecule has 4 N–H and O–H groups in total. The number of carbonyl (C=O) groups is 2. The predicted molar refractivity (Wildman–Crippen MR) is 112 cm³/mol. The van der Waals surface area contributed by atoms with Crippen molar-refractivity contribution in [3.05, 3.63) is 59.7 Å². The van der Waals surface area contributed by atoms with E-state index < -0.39 is 5.54 Å². The Labute approximate surface area is 166 Å². The highest BCUT2D eigenvalue weighted by Gasteiger charge is 2.27. The lowest BCUT2D eigenvalue weighted by atomic mass is 9.88. The fraction of sp³-hybridized carbons (Fsp3) is 0.391. The van der Waals surface area contributed by atoms with Crippen LogP contribution in [0.2, 0.25) is 0 Å². The molecule has 148 valence electrons. The largest absolute Gasteiger partial charge is 0.339 e. The molecule has 2 aromatic rings. The van der Waals surface area contributed by atoms with Crippen molar-refractivity contribution in [1.82, 2.24) is 4.90 Å². The first kappa shape index (κ1) is 20.2. The lowest BCUT2D eigenvalue weighted by Crippen LogP contribution is -2.49. The van der Waals surface area contributed by atoms with Crippen LogP contribution in [0.3, 0.4) is 0 Å². The van der Waals surface area contributed by atoms with Crippen LogP contribution < -0.4 is 11.5 Å². The van der Waals surface area contributed by atoms with Gasteiger partial charge in [-0.2, -0.15) is 0 Å². The molecule has 1 amide bonds. The molecule has 28 heavy (non-hydrogen) atoms. The second-order valence-corrected chi connectivity index (χ2v) is 7.85. The zero-order valence-corrected chi connectivity index (χ0v) is 16.5. The number of nitrogens with zero attached hydrogens (tertiary/aromatic N) is 1. The summed E-state index contributed by atoms with van der Waals surface area (Å²) in [4.78, 5) is 26.5. The van der Waals surface area contributed by atoms with E-state index in [2.05, 4.69) is 0 Å². The number of Topliss-reactive ketones (excluding diaryl/α,β-unsaturated/α-hetero) is 1. The first-order valence-corrected chi connectivity index (χ1v) is 9.91. The highest BCUT2D eigenvalue weighted by atomic mass is 16.2. The topological polar surface area (TPSA) is 89.4 Å². The van der Waals surface area contributed by atoms with Gasteiger partial charge in [-0.15, -0.1) is 0 Å². The molecule has 3 rings (SSSR count). The molecule has 1 aliphatic heterocycles. The van der Waals surface area contributed by atoms with Gasteiger partial charge in [-0.1, -0.05) is 36.4 Å². The first-order valence-electron chi connectivity index (χ1n) is 9.91. The highest BCUT2D eigenvalue weighted by Crippen LogP contribution is 2.24. The molecule has 5 nitrogen and oxygen atoms in total. The summed E-state index contributed by atoms with van der Waals surface area (Å²) in [5, 5.41) is 0. The standard InChI is InChI=1S/C23H29N3O2/c1-23(25,21(27)16-24)15-17-6-5-7-20(14-17)18-8-10-19(11-9-18)22(28)26-12-3-2-4-13-26/h5-11,14H,2-4,12-13,15-16,24-25H2,1H3. The Bertz CT molecular complexity index is 837. The fourth-order valence-corrected chi connectivity index (χ4v) is 3.70. The molecule has 1 atom stereocenters. The Morgan fingerprint density at radius 3 is 2.32 bits per heavy atom. The maximum atomic E-state index is 12.6. The summed E-state index contributed by atoms with van der Waals surface area (Å²) in [5.41, 5.74) is 14.4. The molecule has 1 unspecified atom stereocenters. The quantitative estimate of drug-likeness (QED) is 0.808. The number of nitrogens with two attached hydrogens (primary N) is 2. The Kier molecular flexibility index (Phi) is 6.27. The average Bonchev–Trinajstić information content (AvgIpc) is 2.73. The number of rotatable bonds is 6. The van der Waals surface area contributed by atoms with Gasteiger partial charge in [-0.25, -0.2) is 0 Å². The molecule has 1 saturated heterocycles. The van der Waals surface area contributed by atoms with Crippen molar-refractivity contribution >= 4 is 11.7 Å². The number of hydrogen-bond donors (Lipinski definition) is 2. The molecule has 0 radical (unpaired) electrons. The number of ketones is 1. The van der Waals surface area contributed by atoms with Gasteiger partial charge in [0.25, 0.3) is 5.91 Å². The first-order chi connectivity index (χ1) is 13.4. The Balaban J connectivity index is 1.75. The zero-order chi connectivity index (χ0) is 20.1. The molecule has 0 aliphatic carbocycles. The third-order valence-corrected chi connectivity index (χ3v) is 5.43. The normalized spacial score (nSPS) is 16.5. The highest BCUT2D eigenvalue weighted by molar-refractivity contribution is 5.94. The van der Waals surface area contributed by atoms with Crippen LogP contribution in [0.25, 0.3) is 11.1 Å². The van der Waals surface area contributed by atoms with E-state index in [0.717, 1.165) is 48.2 Å². The Morgan fingerprint density at radius 1 is 1.00 bits per heavy atom. The number of benzene rings is 2. The molecule has 0 aromatic heterocycles. The van der Waals surface area contributed by atoms with Gasteiger partial charge in [0.1, 0.15) is 0 Å². The van der Waals surface area contributed by atoms with Gasteiger partial charge in [0.2, 0.25) is 0 Å². The van der Waals surface area contributed by atoms with E-state index in [9.17, 15) is 9.59 Å². The molecule has 1 aliphatic rings.